The molecule has 26 heavy (non-hydrogen) atoms. The highest BCUT2D eigenvalue weighted by Gasteiger charge is 2.10. The zero-order valence-electron chi connectivity index (χ0n) is 14.4. The number of H-pyrrole nitrogens is 1. The van der Waals surface area contributed by atoms with Crippen LogP contribution < -0.4 is 10.6 Å². The summed E-state index contributed by atoms with van der Waals surface area (Å²) in [6.45, 7) is 1.97. The Labute approximate surface area is 155 Å². The van der Waals surface area contributed by atoms with Gasteiger partial charge >= 0.3 is 0 Å². The molecule has 6 nitrogen and oxygen atoms in total. The van der Waals surface area contributed by atoms with Crippen LogP contribution in [0.2, 0.25) is 0 Å². The third-order valence-corrected chi connectivity index (χ3v) is 4.70. The minimum atomic E-state index is -0.243. The summed E-state index contributed by atoms with van der Waals surface area (Å²) in [5.41, 5.74) is 3.65. The number of anilines is 1. The van der Waals surface area contributed by atoms with Crippen molar-refractivity contribution in [3.05, 3.63) is 54.1 Å². The summed E-state index contributed by atoms with van der Waals surface area (Å²) in [4.78, 5) is 31.5. The van der Waals surface area contributed by atoms with Gasteiger partial charge in [-0.3, -0.25) is 9.59 Å². The molecule has 0 aliphatic carbocycles. The van der Waals surface area contributed by atoms with Crippen LogP contribution in [0, 0.1) is 0 Å². The lowest BCUT2D eigenvalue weighted by molar-refractivity contribution is -0.122. The average molecular weight is 368 g/mol. The van der Waals surface area contributed by atoms with E-state index in [2.05, 4.69) is 20.6 Å². The van der Waals surface area contributed by atoms with Crippen LogP contribution >= 0.6 is 11.8 Å². The molecule has 2 amide bonds. The Morgan fingerprint density at radius 1 is 1.08 bits per heavy atom. The van der Waals surface area contributed by atoms with Crippen LogP contribution in [0.1, 0.15) is 12.5 Å². The van der Waals surface area contributed by atoms with E-state index < -0.39 is 0 Å². The number of imidazole rings is 1. The minimum absolute atomic E-state index is 0.0580. The number of thioether (sulfide) groups is 1. The van der Waals surface area contributed by atoms with Crippen molar-refractivity contribution < 1.29 is 9.59 Å². The largest absolute Gasteiger partial charge is 0.346 e. The number of aromatic amines is 1. The molecule has 0 radical (unpaired) electrons. The van der Waals surface area contributed by atoms with E-state index in [1.165, 1.54) is 11.8 Å². The fraction of sp³-hybridized carbons (Fsp3) is 0.211. The van der Waals surface area contributed by atoms with Crippen LogP contribution in [-0.2, 0) is 16.0 Å². The molecule has 7 heteroatoms. The highest BCUT2D eigenvalue weighted by molar-refractivity contribution is 7.99. The fourth-order valence-corrected chi connectivity index (χ4v) is 3.22. The Morgan fingerprint density at radius 2 is 1.85 bits per heavy atom. The van der Waals surface area contributed by atoms with Crippen LogP contribution in [0.5, 0.6) is 0 Å². The number of carbonyl (C=O) groups is 2. The smallest absolute Gasteiger partial charge is 0.243 e. The van der Waals surface area contributed by atoms with Gasteiger partial charge in [0.2, 0.25) is 11.8 Å². The topological polar surface area (TPSA) is 86.9 Å². The summed E-state index contributed by atoms with van der Waals surface area (Å²) in [5.74, 6) is -0.263. The van der Waals surface area contributed by atoms with Gasteiger partial charge < -0.3 is 15.6 Å². The quantitative estimate of drug-likeness (QED) is 0.560. The molecule has 0 bridgehead atoms. The first kappa shape index (κ1) is 18.0. The highest BCUT2D eigenvalue weighted by atomic mass is 32.2. The molecule has 0 atom stereocenters. The van der Waals surface area contributed by atoms with Crippen molar-refractivity contribution in [3.63, 3.8) is 0 Å². The number of aromatic nitrogens is 2. The van der Waals surface area contributed by atoms with E-state index in [1.54, 1.807) is 0 Å². The molecule has 134 valence electrons. The van der Waals surface area contributed by atoms with Gasteiger partial charge in [0.25, 0.3) is 0 Å². The molecule has 0 saturated carbocycles. The van der Waals surface area contributed by atoms with E-state index in [0.717, 1.165) is 28.7 Å². The van der Waals surface area contributed by atoms with E-state index in [-0.39, 0.29) is 24.1 Å². The molecule has 3 N–H and O–H groups in total. The summed E-state index contributed by atoms with van der Waals surface area (Å²) < 4.78 is 0. The molecular weight excluding hydrogens is 348 g/mol. The molecule has 0 aliphatic heterocycles. The van der Waals surface area contributed by atoms with Crippen LogP contribution in [-0.4, -0.2) is 34.1 Å². The van der Waals surface area contributed by atoms with Gasteiger partial charge in [0.05, 0.1) is 23.3 Å². The van der Waals surface area contributed by atoms with Gasteiger partial charge in [-0.2, -0.15) is 0 Å². The third-order valence-electron chi connectivity index (χ3n) is 3.83. The predicted molar refractivity (Wildman–Crippen MR) is 104 cm³/mol. The van der Waals surface area contributed by atoms with E-state index in [4.69, 9.17) is 0 Å². The van der Waals surface area contributed by atoms with E-state index in [1.807, 2.05) is 55.5 Å². The van der Waals surface area contributed by atoms with Gasteiger partial charge in [0.15, 0.2) is 5.16 Å². The Morgan fingerprint density at radius 3 is 2.65 bits per heavy atom. The lowest BCUT2D eigenvalue weighted by Gasteiger charge is -2.10. The monoisotopic (exact) mass is 368 g/mol. The second kappa shape index (κ2) is 8.53. The molecule has 0 fully saturated rings. The summed E-state index contributed by atoms with van der Waals surface area (Å²) in [5, 5.41) is 6.14. The number of aryl methyl sites for hydroxylation is 1. The molecule has 3 aromatic rings. The summed E-state index contributed by atoms with van der Waals surface area (Å²) in [6.07, 6.45) is 0.830. The second-order valence-corrected chi connectivity index (χ2v) is 6.65. The Bertz CT molecular complexity index is 890. The van der Waals surface area contributed by atoms with Crippen molar-refractivity contribution in [2.75, 3.05) is 17.6 Å². The zero-order chi connectivity index (χ0) is 18.4. The first-order chi connectivity index (χ1) is 12.7. The molecular formula is C19H20N4O2S. The van der Waals surface area contributed by atoms with Gasteiger partial charge in [0, 0.05) is 5.69 Å². The second-order valence-electron chi connectivity index (χ2n) is 5.68. The molecule has 0 unspecified atom stereocenters. The lowest BCUT2D eigenvalue weighted by Crippen LogP contribution is -2.34. The number of hydrogen-bond acceptors (Lipinski definition) is 4. The van der Waals surface area contributed by atoms with E-state index in [9.17, 15) is 9.59 Å². The minimum Gasteiger partial charge on any atom is -0.346 e. The normalized spacial score (nSPS) is 10.7. The van der Waals surface area contributed by atoms with Gasteiger partial charge in [-0.05, 0) is 30.2 Å². The SMILES string of the molecule is CCc1ccccc1NC(=O)CNC(=O)CSc1nc2ccccc2[nH]1. The average Bonchev–Trinajstić information content (AvgIpc) is 3.08. The number of carbonyl (C=O) groups excluding carboxylic acids is 2. The molecule has 1 heterocycles. The molecule has 0 spiro atoms. The van der Waals surface area contributed by atoms with Crippen LogP contribution in [0.4, 0.5) is 5.69 Å². The summed E-state index contributed by atoms with van der Waals surface area (Å²) >= 11 is 1.31. The summed E-state index contributed by atoms with van der Waals surface area (Å²) in [6, 6.07) is 15.3. The number of nitrogens with zero attached hydrogens (tertiary/aromatic N) is 1. The van der Waals surface area contributed by atoms with E-state index >= 15 is 0 Å². The number of fused-ring (bicyclic) bond motifs is 1. The standard InChI is InChI=1S/C19H20N4O2S/c1-2-13-7-3-4-8-14(13)21-17(24)11-20-18(25)12-26-19-22-15-9-5-6-10-16(15)23-19/h3-10H,2,11-12H2,1H3,(H,20,25)(H,21,24)(H,22,23). The number of nitrogens with one attached hydrogen (secondary N) is 3. The molecule has 2 aromatic carbocycles. The van der Waals surface area contributed by atoms with Gasteiger partial charge in [-0.25, -0.2) is 4.98 Å². The van der Waals surface area contributed by atoms with Crippen LogP contribution in [0.25, 0.3) is 11.0 Å². The number of hydrogen-bond donors (Lipinski definition) is 3. The highest BCUT2D eigenvalue weighted by Crippen LogP contribution is 2.19. The molecule has 3 rings (SSSR count). The maximum Gasteiger partial charge on any atom is 0.243 e. The van der Waals surface area contributed by atoms with Crippen LogP contribution in [0.15, 0.2) is 53.7 Å². The van der Waals surface area contributed by atoms with Crippen molar-refractivity contribution in [2.45, 2.75) is 18.5 Å². The molecule has 1 aromatic heterocycles. The summed E-state index contributed by atoms with van der Waals surface area (Å²) in [7, 11) is 0. The van der Waals surface area contributed by atoms with Crippen molar-refractivity contribution in [3.8, 4) is 0 Å². The van der Waals surface area contributed by atoms with Crippen LogP contribution in [0.3, 0.4) is 0 Å². The van der Waals surface area contributed by atoms with Crippen molar-refractivity contribution >= 4 is 40.3 Å². The number of amides is 2. The number of rotatable bonds is 7. The van der Waals surface area contributed by atoms with Gasteiger partial charge in [0.1, 0.15) is 0 Å². The third kappa shape index (κ3) is 4.64. The van der Waals surface area contributed by atoms with Crippen molar-refractivity contribution in [2.24, 2.45) is 0 Å². The Balaban J connectivity index is 1.45. The maximum atomic E-state index is 12.0. The molecule has 0 aliphatic rings. The number of para-hydroxylation sites is 3. The lowest BCUT2D eigenvalue weighted by atomic mass is 10.1. The Kier molecular flexibility index (Phi) is 5.91. The molecule has 0 saturated heterocycles. The van der Waals surface area contributed by atoms with Gasteiger partial charge in [-0.15, -0.1) is 0 Å². The zero-order valence-corrected chi connectivity index (χ0v) is 15.2. The van der Waals surface area contributed by atoms with Crippen molar-refractivity contribution in [1.82, 2.24) is 15.3 Å². The fourth-order valence-electron chi connectivity index (χ4n) is 2.51. The Hall–Kier alpha value is -2.80. The predicted octanol–water partition coefficient (Wildman–Crippen LogP) is 2.97. The van der Waals surface area contributed by atoms with Gasteiger partial charge in [-0.1, -0.05) is 49.0 Å². The van der Waals surface area contributed by atoms with E-state index in [0.29, 0.717) is 5.16 Å². The number of benzene rings is 2. The first-order valence-corrected chi connectivity index (χ1v) is 9.36. The van der Waals surface area contributed by atoms with Crippen molar-refractivity contribution in [1.29, 1.82) is 0 Å². The first-order valence-electron chi connectivity index (χ1n) is 8.37. The maximum absolute atomic E-state index is 12.0.